The van der Waals surface area contributed by atoms with Crippen LogP contribution in [-0.4, -0.2) is 4.98 Å². The number of hydrogen-bond donors (Lipinski definition) is 0. The summed E-state index contributed by atoms with van der Waals surface area (Å²) in [5.41, 5.74) is 5.11. The first-order valence-electron chi connectivity index (χ1n) is 6.92. The van der Waals surface area contributed by atoms with Gasteiger partial charge in [-0.05, 0) is 29.2 Å². The minimum Gasteiger partial charge on any atom is -0.261 e. The van der Waals surface area contributed by atoms with E-state index in [1.165, 1.54) is 22.4 Å². The third kappa shape index (κ3) is 4.35. The number of benzene rings is 2. The minimum atomic E-state index is 0. The van der Waals surface area contributed by atoms with Gasteiger partial charge in [0.2, 0.25) is 0 Å². The van der Waals surface area contributed by atoms with Crippen molar-refractivity contribution in [2.45, 2.75) is 12.8 Å². The van der Waals surface area contributed by atoms with Gasteiger partial charge < -0.3 is 0 Å². The van der Waals surface area contributed by atoms with E-state index in [1.807, 2.05) is 18.3 Å². The topological polar surface area (TPSA) is 12.9 Å². The molecular weight excluding hydrogens is 434 g/mol. The molecule has 0 aliphatic rings. The molecule has 104 valence electrons. The summed E-state index contributed by atoms with van der Waals surface area (Å²) in [7, 11) is 0. The molecular formula is C19H17IrN+3. The van der Waals surface area contributed by atoms with Crippen molar-refractivity contribution in [1.82, 2.24) is 4.98 Å². The Morgan fingerprint density at radius 3 is 1.81 bits per heavy atom. The number of aromatic nitrogens is 1. The summed E-state index contributed by atoms with van der Waals surface area (Å²) in [6.45, 7) is 0. The van der Waals surface area contributed by atoms with Gasteiger partial charge in [0.25, 0.3) is 0 Å². The molecule has 0 bridgehead atoms. The standard InChI is InChI=1S/C19H17N.Ir/c1-3-8-16(9-4-1)14-18-12-7-13-20-19(18)15-17-10-5-2-6-11-17;/h1-13H,14-15H2;/q;+3. The molecule has 0 spiro atoms. The van der Waals surface area contributed by atoms with Gasteiger partial charge in [0.05, 0.1) is 0 Å². The molecule has 1 heterocycles. The van der Waals surface area contributed by atoms with Crippen LogP contribution in [0.15, 0.2) is 79.0 Å². The molecule has 3 aromatic rings. The van der Waals surface area contributed by atoms with Crippen LogP contribution in [0, 0.1) is 0 Å². The van der Waals surface area contributed by atoms with Crippen molar-refractivity contribution in [3.8, 4) is 0 Å². The van der Waals surface area contributed by atoms with Gasteiger partial charge >= 0.3 is 20.1 Å². The zero-order chi connectivity index (χ0) is 13.6. The fraction of sp³-hybridized carbons (Fsp3) is 0.105. The molecule has 1 aromatic heterocycles. The van der Waals surface area contributed by atoms with Gasteiger partial charge in [0, 0.05) is 18.3 Å². The quantitative estimate of drug-likeness (QED) is 0.578. The zero-order valence-corrected chi connectivity index (χ0v) is 14.1. The fourth-order valence-corrected chi connectivity index (χ4v) is 2.40. The average molecular weight is 452 g/mol. The van der Waals surface area contributed by atoms with Crippen molar-refractivity contribution in [2.75, 3.05) is 0 Å². The maximum Gasteiger partial charge on any atom is 3.00 e. The van der Waals surface area contributed by atoms with Crippen LogP contribution in [0.3, 0.4) is 0 Å². The van der Waals surface area contributed by atoms with Gasteiger partial charge in [0.15, 0.2) is 0 Å². The molecule has 1 nitrogen and oxygen atoms in total. The Hall–Kier alpha value is -1.76. The van der Waals surface area contributed by atoms with Crippen LogP contribution in [0.1, 0.15) is 22.4 Å². The van der Waals surface area contributed by atoms with Gasteiger partial charge in [-0.2, -0.15) is 0 Å². The summed E-state index contributed by atoms with van der Waals surface area (Å²) in [4.78, 5) is 4.57. The van der Waals surface area contributed by atoms with E-state index in [-0.39, 0.29) is 20.1 Å². The summed E-state index contributed by atoms with van der Waals surface area (Å²) < 4.78 is 0. The van der Waals surface area contributed by atoms with Gasteiger partial charge in [-0.25, -0.2) is 0 Å². The summed E-state index contributed by atoms with van der Waals surface area (Å²) >= 11 is 0. The molecule has 2 heteroatoms. The number of pyridine rings is 1. The Bertz CT molecular complexity index is 605. The Balaban J connectivity index is 0.00000161. The van der Waals surface area contributed by atoms with E-state index in [1.54, 1.807) is 0 Å². The summed E-state index contributed by atoms with van der Waals surface area (Å²) in [5.74, 6) is 0. The van der Waals surface area contributed by atoms with E-state index in [0.29, 0.717) is 0 Å². The number of nitrogens with zero attached hydrogens (tertiary/aromatic N) is 1. The maximum atomic E-state index is 4.57. The van der Waals surface area contributed by atoms with E-state index >= 15 is 0 Å². The molecule has 3 rings (SSSR count). The first-order chi connectivity index (χ1) is 9.92. The molecule has 0 radical (unpaired) electrons. The van der Waals surface area contributed by atoms with E-state index in [4.69, 9.17) is 0 Å². The first kappa shape index (κ1) is 15.6. The molecule has 0 saturated carbocycles. The Kier molecular flexibility index (Phi) is 5.86. The molecule has 0 aliphatic heterocycles. The summed E-state index contributed by atoms with van der Waals surface area (Å²) in [6.07, 6.45) is 3.72. The van der Waals surface area contributed by atoms with Crippen LogP contribution in [0.2, 0.25) is 0 Å². The van der Waals surface area contributed by atoms with Gasteiger partial charge in [0.1, 0.15) is 0 Å². The van der Waals surface area contributed by atoms with Gasteiger partial charge in [-0.15, -0.1) is 0 Å². The molecule has 0 amide bonds. The normalized spacial score (nSPS) is 9.90. The van der Waals surface area contributed by atoms with E-state index in [2.05, 4.69) is 65.6 Å². The van der Waals surface area contributed by atoms with E-state index in [0.717, 1.165) is 12.8 Å². The Morgan fingerprint density at radius 1 is 0.619 bits per heavy atom. The molecule has 2 aromatic carbocycles. The predicted molar refractivity (Wildman–Crippen MR) is 82.7 cm³/mol. The van der Waals surface area contributed by atoms with Crippen LogP contribution in [-0.2, 0) is 32.9 Å². The van der Waals surface area contributed by atoms with Crippen LogP contribution < -0.4 is 0 Å². The minimum absolute atomic E-state index is 0. The Labute approximate surface area is 139 Å². The SMILES string of the molecule is [Ir+3].c1ccc(Cc2cccnc2Cc2ccccc2)cc1. The van der Waals surface area contributed by atoms with E-state index in [9.17, 15) is 0 Å². The van der Waals surface area contributed by atoms with Crippen molar-refractivity contribution in [2.24, 2.45) is 0 Å². The second-order valence-corrected chi connectivity index (χ2v) is 4.93. The molecule has 0 fully saturated rings. The van der Waals surface area contributed by atoms with Crippen LogP contribution in [0.4, 0.5) is 0 Å². The summed E-state index contributed by atoms with van der Waals surface area (Å²) in [5, 5.41) is 0. The molecule has 0 unspecified atom stereocenters. The largest absolute Gasteiger partial charge is 3.00 e. The fourth-order valence-electron chi connectivity index (χ4n) is 2.40. The van der Waals surface area contributed by atoms with Crippen molar-refractivity contribution < 1.29 is 20.1 Å². The van der Waals surface area contributed by atoms with Gasteiger partial charge in [-0.3, -0.25) is 4.98 Å². The predicted octanol–water partition coefficient (Wildman–Crippen LogP) is 4.26. The van der Waals surface area contributed by atoms with Crippen molar-refractivity contribution in [3.05, 3.63) is 101 Å². The second kappa shape index (κ2) is 7.87. The number of rotatable bonds is 4. The smallest absolute Gasteiger partial charge is 0.261 e. The van der Waals surface area contributed by atoms with Crippen molar-refractivity contribution >= 4 is 0 Å². The third-order valence-corrected chi connectivity index (χ3v) is 3.44. The molecule has 0 atom stereocenters. The molecule has 0 aliphatic carbocycles. The first-order valence-corrected chi connectivity index (χ1v) is 6.92. The number of hydrogen-bond acceptors (Lipinski definition) is 1. The maximum absolute atomic E-state index is 4.57. The molecule has 21 heavy (non-hydrogen) atoms. The van der Waals surface area contributed by atoms with Crippen LogP contribution in [0.5, 0.6) is 0 Å². The van der Waals surface area contributed by atoms with E-state index < -0.39 is 0 Å². The van der Waals surface area contributed by atoms with Crippen LogP contribution in [0.25, 0.3) is 0 Å². The summed E-state index contributed by atoms with van der Waals surface area (Å²) in [6, 6.07) is 25.3. The van der Waals surface area contributed by atoms with Gasteiger partial charge in [-0.1, -0.05) is 66.7 Å². The third-order valence-electron chi connectivity index (χ3n) is 3.44. The second-order valence-electron chi connectivity index (χ2n) is 4.93. The molecule has 0 N–H and O–H groups in total. The van der Waals surface area contributed by atoms with Crippen molar-refractivity contribution in [1.29, 1.82) is 0 Å². The molecule has 0 saturated heterocycles. The average Bonchev–Trinajstić information content (AvgIpc) is 2.51. The Morgan fingerprint density at radius 2 is 1.19 bits per heavy atom. The zero-order valence-electron chi connectivity index (χ0n) is 11.7. The van der Waals surface area contributed by atoms with Crippen molar-refractivity contribution in [3.63, 3.8) is 0 Å². The monoisotopic (exact) mass is 452 g/mol. The van der Waals surface area contributed by atoms with Crippen LogP contribution >= 0.6 is 0 Å².